The molecule has 0 bridgehead atoms. The number of nitrogens with zero attached hydrogens (tertiary/aromatic N) is 2. The number of aryl methyl sites for hydroxylation is 1. The van der Waals surface area contributed by atoms with E-state index in [9.17, 15) is 0 Å². The number of anilines is 1. The molecule has 2 aliphatic rings. The normalized spacial score (nSPS) is 16.8. The second-order valence-electron chi connectivity index (χ2n) is 7.16. The van der Waals surface area contributed by atoms with Crippen LogP contribution in [0.3, 0.4) is 0 Å². The number of ether oxygens (including phenoxy) is 2. The molecule has 0 unspecified atom stereocenters. The number of unbranched alkanes of at least 4 members (excludes halogenated alkanes) is 2. The summed E-state index contributed by atoms with van der Waals surface area (Å²) >= 11 is 0. The Bertz CT molecular complexity index is 697. The van der Waals surface area contributed by atoms with Crippen LogP contribution >= 0.6 is 0 Å². The molecule has 0 atom stereocenters. The number of hydrogen-bond acceptors (Lipinski definition) is 4. The maximum atomic E-state index is 5.45. The summed E-state index contributed by atoms with van der Waals surface area (Å²) in [5, 5.41) is 0. The standard InChI is InChI=1S/C22H28N2O2/c1-4-8-20(9-5-1)24-15-13-23(14-16-24)12-6-2-3-7-19-10-11-21-22(17-19)26-18-25-21/h1,4-5,8-11,17H,2-3,6-7,12-16,18H2. The highest BCUT2D eigenvalue weighted by Gasteiger charge is 2.16. The van der Waals surface area contributed by atoms with E-state index in [2.05, 4.69) is 52.3 Å². The first kappa shape index (κ1) is 17.2. The van der Waals surface area contributed by atoms with Crippen molar-refractivity contribution in [2.24, 2.45) is 0 Å². The summed E-state index contributed by atoms with van der Waals surface area (Å²) in [6.45, 7) is 6.22. The first-order chi connectivity index (χ1) is 12.9. The fraction of sp³-hybridized carbons (Fsp3) is 0.455. The lowest BCUT2D eigenvalue weighted by Gasteiger charge is -2.36. The summed E-state index contributed by atoms with van der Waals surface area (Å²) < 4.78 is 10.8. The maximum absolute atomic E-state index is 5.45. The fourth-order valence-electron chi connectivity index (χ4n) is 3.81. The molecule has 0 N–H and O–H groups in total. The van der Waals surface area contributed by atoms with Gasteiger partial charge in [0.2, 0.25) is 6.79 Å². The van der Waals surface area contributed by atoms with Crippen molar-refractivity contribution in [2.45, 2.75) is 25.7 Å². The van der Waals surface area contributed by atoms with E-state index >= 15 is 0 Å². The van der Waals surface area contributed by atoms with Crippen molar-refractivity contribution in [1.29, 1.82) is 0 Å². The molecular weight excluding hydrogens is 324 g/mol. The van der Waals surface area contributed by atoms with Crippen molar-refractivity contribution in [2.75, 3.05) is 44.4 Å². The van der Waals surface area contributed by atoms with Crippen LogP contribution in [0.2, 0.25) is 0 Å². The van der Waals surface area contributed by atoms with Gasteiger partial charge in [0.25, 0.3) is 0 Å². The smallest absolute Gasteiger partial charge is 0.231 e. The molecule has 2 heterocycles. The van der Waals surface area contributed by atoms with Crippen LogP contribution in [0, 0.1) is 0 Å². The van der Waals surface area contributed by atoms with Gasteiger partial charge < -0.3 is 14.4 Å². The molecule has 4 nitrogen and oxygen atoms in total. The lowest BCUT2D eigenvalue weighted by Crippen LogP contribution is -2.46. The van der Waals surface area contributed by atoms with E-state index in [1.807, 2.05) is 6.07 Å². The van der Waals surface area contributed by atoms with Gasteiger partial charge in [-0.3, -0.25) is 4.90 Å². The van der Waals surface area contributed by atoms with Crippen LogP contribution in [0.15, 0.2) is 48.5 Å². The second kappa shape index (κ2) is 8.45. The van der Waals surface area contributed by atoms with Crippen molar-refractivity contribution >= 4 is 5.69 Å². The first-order valence-electron chi connectivity index (χ1n) is 9.79. The lowest BCUT2D eigenvalue weighted by molar-refractivity contribution is 0.174. The zero-order chi connectivity index (χ0) is 17.6. The summed E-state index contributed by atoms with van der Waals surface area (Å²) in [5.41, 5.74) is 2.71. The van der Waals surface area contributed by atoms with Crippen LogP contribution in [0.1, 0.15) is 24.8 Å². The first-order valence-corrected chi connectivity index (χ1v) is 9.79. The summed E-state index contributed by atoms with van der Waals surface area (Å²) in [4.78, 5) is 5.11. The summed E-state index contributed by atoms with van der Waals surface area (Å²) in [5.74, 6) is 1.78. The molecule has 0 aliphatic carbocycles. The van der Waals surface area contributed by atoms with Gasteiger partial charge >= 0.3 is 0 Å². The molecule has 1 fully saturated rings. The highest BCUT2D eigenvalue weighted by Crippen LogP contribution is 2.32. The monoisotopic (exact) mass is 352 g/mol. The Morgan fingerprint density at radius 3 is 2.42 bits per heavy atom. The van der Waals surface area contributed by atoms with Gasteiger partial charge in [0, 0.05) is 31.9 Å². The largest absolute Gasteiger partial charge is 0.454 e. The second-order valence-corrected chi connectivity index (χ2v) is 7.16. The van der Waals surface area contributed by atoms with Crippen LogP contribution in [0.4, 0.5) is 5.69 Å². The average molecular weight is 352 g/mol. The highest BCUT2D eigenvalue weighted by molar-refractivity contribution is 5.46. The van der Waals surface area contributed by atoms with Crippen molar-refractivity contribution in [1.82, 2.24) is 4.90 Å². The predicted octanol–water partition coefficient (Wildman–Crippen LogP) is 3.95. The van der Waals surface area contributed by atoms with E-state index in [1.165, 1.54) is 50.1 Å². The van der Waals surface area contributed by atoms with E-state index < -0.39 is 0 Å². The average Bonchev–Trinajstić information content (AvgIpc) is 3.17. The molecule has 2 aromatic carbocycles. The Morgan fingerprint density at radius 1 is 0.769 bits per heavy atom. The van der Waals surface area contributed by atoms with Crippen LogP contribution in [0.5, 0.6) is 11.5 Å². The van der Waals surface area contributed by atoms with Crippen LogP contribution in [0.25, 0.3) is 0 Å². The molecule has 0 amide bonds. The lowest BCUT2D eigenvalue weighted by atomic mass is 10.1. The minimum atomic E-state index is 0.357. The third kappa shape index (κ3) is 4.31. The van der Waals surface area contributed by atoms with Crippen molar-refractivity contribution in [3.05, 3.63) is 54.1 Å². The number of piperazine rings is 1. The van der Waals surface area contributed by atoms with E-state index in [0.29, 0.717) is 6.79 Å². The van der Waals surface area contributed by atoms with Gasteiger partial charge in [-0.05, 0) is 55.6 Å². The number of rotatable bonds is 7. The molecule has 2 aromatic rings. The molecule has 26 heavy (non-hydrogen) atoms. The van der Waals surface area contributed by atoms with Gasteiger partial charge in [0.15, 0.2) is 11.5 Å². The quantitative estimate of drug-likeness (QED) is 0.705. The number of fused-ring (bicyclic) bond motifs is 1. The molecule has 0 aromatic heterocycles. The molecule has 2 aliphatic heterocycles. The van der Waals surface area contributed by atoms with Crippen molar-refractivity contribution in [3.63, 3.8) is 0 Å². The Balaban J connectivity index is 1.12. The Morgan fingerprint density at radius 2 is 1.58 bits per heavy atom. The Labute approximate surface area is 156 Å². The minimum absolute atomic E-state index is 0.357. The van der Waals surface area contributed by atoms with Gasteiger partial charge in [0.05, 0.1) is 0 Å². The zero-order valence-electron chi connectivity index (χ0n) is 15.4. The topological polar surface area (TPSA) is 24.9 Å². The summed E-state index contributed by atoms with van der Waals surface area (Å²) in [6, 6.07) is 17.1. The number of para-hydroxylation sites is 1. The minimum Gasteiger partial charge on any atom is -0.454 e. The summed E-state index contributed by atoms with van der Waals surface area (Å²) in [6.07, 6.45) is 4.94. The number of benzene rings is 2. The maximum Gasteiger partial charge on any atom is 0.231 e. The molecule has 4 rings (SSSR count). The van der Waals surface area contributed by atoms with Crippen LogP contribution in [-0.4, -0.2) is 44.4 Å². The molecular formula is C22H28N2O2. The zero-order valence-corrected chi connectivity index (χ0v) is 15.4. The van der Waals surface area contributed by atoms with Gasteiger partial charge in [-0.15, -0.1) is 0 Å². The van der Waals surface area contributed by atoms with Gasteiger partial charge in [-0.25, -0.2) is 0 Å². The fourth-order valence-corrected chi connectivity index (χ4v) is 3.81. The predicted molar refractivity (Wildman–Crippen MR) is 105 cm³/mol. The molecule has 0 saturated carbocycles. The molecule has 138 valence electrons. The molecule has 0 spiro atoms. The van der Waals surface area contributed by atoms with Crippen molar-refractivity contribution in [3.8, 4) is 11.5 Å². The van der Waals surface area contributed by atoms with Gasteiger partial charge in [0.1, 0.15) is 0 Å². The van der Waals surface area contributed by atoms with Crippen molar-refractivity contribution < 1.29 is 9.47 Å². The Hall–Kier alpha value is -2.20. The summed E-state index contributed by atoms with van der Waals surface area (Å²) in [7, 11) is 0. The van der Waals surface area contributed by atoms with E-state index in [0.717, 1.165) is 31.0 Å². The molecule has 0 radical (unpaired) electrons. The molecule has 4 heteroatoms. The SMILES string of the molecule is c1ccc(N2CCN(CCCCCc3ccc4c(c3)OCO4)CC2)cc1. The van der Waals surface area contributed by atoms with Gasteiger partial charge in [-0.1, -0.05) is 30.7 Å². The van der Waals surface area contributed by atoms with E-state index in [-0.39, 0.29) is 0 Å². The van der Waals surface area contributed by atoms with E-state index in [4.69, 9.17) is 9.47 Å². The van der Waals surface area contributed by atoms with Crippen LogP contribution in [-0.2, 0) is 6.42 Å². The van der Waals surface area contributed by atoms with E-state index in [1.54, 1.807) is 0 Å². The molecule has 1 saturated heterocycles. The third-order valence-electron chi connectivity index (χ3n) is 5.37. The number of hydrogen-bond donors (Lipinski definition) is 0. The van der Waals surface area contributed by atoms with Gasteiger partial charge in [-0.2, -0.15) is 0 Å². The van der Waals surface area contributed by atoms with Crippen LogP contribution < -0.4 is 14.4 Å². The highest BCUT2D eigenvalue weighted by atomic mass is 16.7. The third-order valence-corrected chi connectivity index (χ3v) is 5.37. The Kier molecular flexibility index (Phi) is 5.60.